The molecule has 0 unspecified atom stereocenters. The van der Waals surface area contributed by atoms with Crippen molar-refractivity contribution in [1.29, 1.82) is 0 Å². The van der Waals surface area contributed by atoms with Gasteiger partial charge < -0.3 is 9.15 Å². The van der Waals surface area contributed by atoms with Gasteiger partial charge >= 0.3 is 0 Å². The number of hydrogen-bond acceptors (Lipinski definition) is 5. The third-order valence-corrected chi connectivity index (χ3v) is 2.44. The van der Waals surface area contributed by atoms with E-state index in [9.17, 15) is 9.59 Å². The van der Waals surface area contributed by atoms with Crippen LogP contribution in [0.15, 0.2) is 41.0 Å². The summed E-state index contributed by atoms with van der Waals surface area (Å²) in [6.07, 6.45) is 2.06. The van der Waals surface area contributed by atoms with Crippen LogP contribution in [0.3, 0.4) is 0 Å². The van der Waals surface area contributed by atoms with Crippen LogP contribution >= 0.6 is 0 Å². The number of amides is 1. The Bertz CT molecular complexity index is 575. The molecule has 1 aromatic heterocycles. The van der Waals surface area contributed by atoms with Gasteiger partial charge in [-0.25, -0.2) is 5.84 Å². The first kappa shape index (κ1) is 12.8. The first-order valence-electron chi connectivity index (χ1n) is 5.49. The minimum absolute atomic E-state index is 0.179. The zero-order valence-electron chi connectivity index (χ0n) is 9.96. The third-order valence-electron chi connectivity index (χ3n) is 2.44. The molecule has 19 heavy (non-hydrogen) atoms. The van der Waals surface area contributed by atoms with E-state index < -0.39 is 5.91 Å². The summed E-state index contributed by atoms with van der Waals surface area (Å²) in [5.74, 6) is 5.68. The Morgan fingerprint density at radius 1 is 1.37 bits per heavy atom. The van der Waals surface area contributed by atoms with Crippen LogP contribution < -0.4 is 16.0 Å². The standard InChI is InChI=1S/C13H12N2O4/c14-15-13(17)10-5-12(18-7-10)8-19-11-3-1-9(6-16)2-4-11/h1-7H,8,14H2,(H,15,17). The normalized spacial score (nSPS) is 9.95. The van der Waals surface area contributed by atoms with Gasteiger partial charge in [-0.05, 0) is 30.3 Å². The topological polar surface area (TPSA) is 94.6 Å². The lowest BCUT2D eigenvalue weighted by atomic mass is 10.2. The molecular formula is C13H12N2O4. The SMILES string of the molecule is NNC(=O)c1coc(COc2ccc(C=O)cc2)c1. The fraction of sp³-hybridized carbons (Fsp3) is 0.0769. The molecule has 2 aromatic rings. The maximum Gasteiger partial charge on any atom is 0.268 e. The molecule has 0 atom stereocenters. The van der Waals surface area contributed by atoms with Gasteiger partial charge in [-0.15, -0.1) is 0 Å². The number of hydrazine groups is 1. The minimum Gasteiger partial charge on any atom is -0.486 e. The second-order valence-electron chi connectivity index (χ2n) is 3.75. The molecule has 0 saturated carbocycles. The molecule has 2 rings (SSSR count). The molecule has 6 nitrogen and oxygen atoms in total. The van der Waals surface area contributed by atoms with E-state index in [2.05, 4.69) is 0 Å². The average Bonchev–Trinajstić information content (AvgIpc) is 2.93. The zero-order chi connectivity index (χ0) is 13.7. The van der Waals surface area contributed by atoms with Crippen LogP contribution in [-0.4, -0.2) is 12.2 Å². The van der Waals surface area contributed by atoms with Crippen molar-refractivity contribution in [2.24, 2.45) is 5.84 Å². The molecule has 1 heterocycles. The molecule has 0 aliphatic rings. The quantitative estimate of drug-likeness (QED) is 0.365. The van der Waals surface area contributed by atoms with Crippen LogP contribution in [-0.2, 0) is 6.61 Å². The van der Waals surface area contributed by atoms with Gasteiger partial charge in [0.1, 0.15) is 30.7 Å². The van der Waals surface area contributed by atoms with E-state index in [1.54, 1.807) is 30.3 Å². The van der Waals surface area contributed by atoms with Gasteiger partial charge in [-0.3, -0.25) is 15.0 Å². The van der Waals surface area contributed by atoms with Gasteiger partial charge in [0.15, 0.2) is 0 Å². The maximum absolute atomic E-state index is 11.2. The van der Waals surface area contributed by atoms with E-state index >= 15 is 0 Å². The van der Waals surface area contributed by atoms with Gasteiger partial charge in [0.25, 0.3) is 5.91 Å². The number of carbonyl (C=O) groups is 2. The molecule has 0 radical (unpaired) electrons. The number of ether oxygens (including phenoxy) is 1. The Labute approximate surface area is 109 Å². The highest BCUT2D eigenvalue weighted by atomic mass is 16.5. The van der Waals surface area contributed by atoms with E-state index in [0.29, 0.717) is 22.6 Å². The molecular weight excluding hydrogens is 248 g/mol. The van der Waals surface area contributed by atoms with Gasteiger partial charge in [0.05, 0.1) is 5.56 Å². The molecule has 1 aromatic carbocycles. The van der Waals surface area contributed by atoms with E-state index in [-0.39, 0.29) is 6.61 Å². The van der Waals surface area contributed by atoms with Crippen molar-refractivity contribution in [3.05, 3.63) is 53.5 Å². The molecule has 0 saturated heterocycles. The monoisotopic (exact) mass is 260 g/mol. The van der Waals surface area contributed by atoms with Crippen LogP contribution in [0.4, 0.5) is 0 Å². The number of nitrogen functional groups attached to an aromatic ring is 1. The Balaban J connectivity index is 1.96. The van der Waals surface area contributed by atoms with Crippen molar-refractivity contribution >= 4 is 12.2 Å². The third kappa shape index (κ3) is 3.20. The van der Waals surface area contributed by atoms with Gasteiger partial charge in [-0.1, -0.05) is 0 Å². The van der Waals surface area contributed by atoms with Crippen LogP contribution in [0.25, 0.3) is 0 Å². The summed E-state index contributed by atoms with van der Waals surface area (Å²) in [6, 6.07) is 8.21. The van der Waals surface area contributed by atoms with Crippen molar-refractivity contribution in [3.8, 4) is 5.75 Å². The molecule has 0 bridgehead atoms. The summed E-state index contributed by atoms with van der Waals surface area (Å²) >= 11 is 0. The van der Waals surface area contributed by atoms with Crippen molar-refractivity contribution in [2.45, 2.75) is 6.61 Å². The number of furan rings is 1. The first-order valence-corrected chi connectivity index (χ1v) is 5.49. The lowest BCUT2D eigenvalue weighted by Gasteiger charge is -2.03. The van der Waals surface area contributed by atoms with E-state index in [0.717, 1.165) is 6.29 Å². The Kier molecular flexibility index (Phi) is 3.94. The zero-order valence-corrected chi connectivity index (χ0v) is 9.96. The number of aldehydes is 1. The lowest BCUT2D eigenvalue weighted by Crippen LogP contribution is -2.29. The highest BCUT2D eigenvalue weighted by Crippen LogP contribution is 2.15. The predicted molar refractivity (Wildman–Crippen MR) is 66.5 cm³/mol. The van der Waals surface area contributed by atoms with Crippen LogP contribution in [0, 0.1) is 0 Å². The fourth-order valence-electron chi connectivity index (χ4n) is 1.46. The van der Waals surface area contributed by atoms with Gasteiger partial charge in [0, 0.05) is 5.56 Å². The maximum atomic E-state index is 11.2. The summed E-state index contributed by atoms with van der Waals surface area (Å²) in [5.41, 5.74) is 2.92. The summed E-state index contributed by atoms with van der Waals surface area (Å²) < 4.78 is 10.6. The number of benzene rings is 1. The van der Waals surface area contributed by atoms with Crippen LogP contribution in [0.2, 0.25) is 0 Å². The second kappa shape index (κ2) is 5.83. The number of carbonyl (C=O) groups excluding carboxylic acids is 2. The Morgan fingerprint density at radius 3 is 2.74 bits per heavy atom. The number of rotatable bonds is 5. The van der Waals surface area contributed by atoms with Crippen molar-refractivity contribution in [2.75, 3.05) is 0 Å². The molecule has 0 spiro atoms. The molecule has 3 N–H and O–H groups in total. The van der Waals surface area contributed by atoms with Crippen molar-refractivity contribution in [3.63, 3.8) is 0 Å². The highest BCUT2D eigenvalue weighted by Gasteiger charge is 2.09. The smallest absolute Gasteiger partial charge is 0.268 e. The van der Waals surface area contributed by atoms with E-state index in [1.807, 2.05) is 5.43 Å². The molecule has 0 fully saturated rings. The predicted octanol–water partition coefficient (Wildman–Crippen LogP) is 1.27. The van der Waals surface area contributed by atoms with Crippen LogP contribution in [0.1, 0.15) is 26.5 Å². The molecule has 1 amide bonds. The van der Waals surface area contributed by atoms with Crippen molar-refractivity contribution in [1.82, 2.24) is 5.43 Å². The fourth-order valence-corrected chi connectivity index (χ4v) is 1.46. The highest BCUT2D eigenvalue weighted by molar-refractivity contribution is 5.93. The second-order valence-corrected chi connectivity index (χ2v) is 3.75. The van der Waals surface area contributed by atoms with E-state index in [4.69, 9.17) is 15.0 Å². The Morgan fingerprint density at radius 2 is 2.11 bits per heavy atom. The molecule has 0 aliphatic heterocycles. The van der Waals surface area contributed by atoms with Gasteiger partial charge in [0.2, 0.25) is 0 Å². The summed E-state index contributed by atoms with van der Waals surface area (Å²) in [5, 5.41) is 0. The van der Waals surface area contributed by atoms with Crippen LogP contribution in [0.5, 0.6) is 5.75 Å². The Hall–Kier alpha value is -2.60. The summed E-state index contributed by atoms with van der Waals surface area (Å²) in [6.45, 7) is 0.179. The number of hydrogen-bond donors (Lipinski definition) is 2. The molecule has 98 valence electrons. The summed E-state index contributed by atoms with van der Waals surface area (Å²) in [4.78, 5) is 21.7. The first-order chi connectivity index (χ1) is 9.22. The average molecular weight is 260 g/mol. The van der Waals surface area contributed by atoms with Crippen molar-refractivity contribution < 1.29 is 18.7 Å². The largest absolute Gasteiger partial charge is 0.486 e. The number of nitrogens with two attached hydrogens (primary N) is 1. The molecule has 6 heteroatoms. The lowest BCUT2D eigenvalue weighted by molar-refractivity contribution is 0.0952. The number of nitrogens with one attached hydrogen (secondary N) is 1. The molecule has 0 aliphatic carbocycles. The summed E-state index contributed by atoms with van der Waals surface area (Å²) in [7, 11) is 0. The minimum atomic E-state index is -0.426. The van der Waals surface area contributed by atoms with Gasteiger partial charge in [-0.2, -0.15) is 0 Å². The van der Waals surface area contributed by atoms with E-state index in [1.165, 1.54) is 6.26 Å².